The SMILES string of the molecule is O=C(O)c1cnn(-c2ccccc2)c1Oc1nc(Cl)cs1. The van der Waals surface area contributed by atoms with Gasteiger partial charge in [0.25, 0.3) is 5.19 Å². The third kappa shape index (κ3) is 2.74. The van der Waals surface area contributed by atoms with E-state index >= 15 is 0 Å². The summed E-state index contributed by atoms with van der Waals surface area (Å²) in [4.78, 5) is 15.2. The number of carboxylic acids is 1. The molecule has 0 fully saturated rings. The molecule has 3 aromatic rings. The van der Waals surface area contributed by atoms with Gasteiger partial charge in [-0.25, -0.2) is 4.79 Å². The lowest BCUT2D eigenvalue weighted by Gasteiger charge is -2.07. The van der Waals surface area contributed by atoms with Gasteiger partial charge in [0, 0.05) is 5.38 Å². The van der Waals surface area contributed by atoms with Crippen LogP contribution in [0.25, 0.3) is 5.69 Å². The summed E-state index contributed by atoms with van der Waals surface area (Å²) in [6.45, 7) is 0. The number of nitrogens with zero attached hydrogens (tertiary/aromatic N) is 3. The highest BCUT2D eigenvalue weighted by atomic mass is 35.5. The van der Waals surface area contributed by atoms with Crippen molar-refractivity contribution in [3.05, 3.63) is 52.6 Å². The van der Waals surface area contributed by atoms with Crippen LogP contribution < -0.4 is 4.74 Å². The summed E-state index contributed by atoms with van der Waals surface area (Å²) in [5.74, 6) is -1.05. The fourth-order valence-electron chi connectivity index (χ4n) is 1.70. The van der Waals surface area contributed by atoms with E-state index in [-0.39, 0.29) is 21.8 Å². The predicted octanol–water partition coefficient (Wildman–Crippen LogP) is 3.47. The van der Waals surface area contributed by atoms with Crippen LogP contribution in [0.5, 0.6) is 11.1 Å². The molecule has 2 heterocycles. The Bertz CT molecular complexity index is 785. The average Bonchev–Trinajstić information content (AvgIpc) is 3.07. The highest BCUT2D eigenvalue weighted by Crippen LogP contribution is 2.31. The van der Waals surface area contributed by atoms with Gasteiger partial charge in [0.05, 0.1) is 11.9 Å². The maximum atomic E-state index is 11.3. The van der Waals surface area contributed by atoms with E-state index in [4.69, 9.17) is 16.3 Å². The van der Waals surface area contributed by atoms with E-state index in [9.17, 15) is 9.90 Å². The molecule has 1 N–H and O–H groups in total. The third-order valence-corrected chi connectivity index (χ3v) is 3.64. The number of aromatic nitrogens is 3. The fourth-order valence-corrected chi connectivity index (χ4v) is 2.49. The Hall–Kier alpha value is -2.38. The number of thiazole rings is 1. The molecule has 0 atom stereocenters. The molecule has 106 valence electrons. The molecule has 0 aliphatic heterocycles. The Kier molecular flexibility index (Phi) is 3.59. The summed E-state index contributed by atoms with van der Waals surface area (Å²) in [7, 11) is 0. The largest absolute Gasteiger partial charge is 0.477 e. The van der Waals surface area contributed by atoms with E-state index in [1.54, 1.807) is 17.5 Å². The van der Waals surface area contributed by atoms with E-state index < -0.39 is 5.97 Å². The molecule has 3 rings (SSSR count). The number of carboxylic acid groups (broad SMARTS) is 1. The Balaban J connectivity index is 2.07. The second-order valence-electron chi connectivity index (χ2n) is 3.95. The summed E-state index contributed by atoms with van der Waals surface area (Å²) in [6.07, 6.45) is 1.24. The molecule has 1 aromatic carbocycles. The maximum Gasteiger partial charge on any atom is 0.342 e. The maximum absolute atomic E-state index is 11.3. The van der Waals surface area contributed by atoms with Crippen molar-refractivity contribution in [3.63, 3.8) is 0 Å². The molecule has 0 amide bonds. The number of halogens is 1. The van der Waals surface area contributed by atoms with E-state index in [0.717, 1.165) is 0 Å². The highest BCUT2D eigenvalue weighted by molar-refractivity contribution is 7.11. The van der Waals surface area contributed by atoms with Crippen LogP contribution in [-0.2, 0) is 0 Å². The van der Waals surface area contributed by atoms with E-state index in [1.807, 2.05) is 18.2 Å². The van der Waals surface area contributed by atoms with Gasteiger partial charge >= 0.3 is 5.97 Å². The molecule has 0 bridgehead atoms. The predicted molar refractivity (Wildman–Crippen MR) is 77.7 cm³/mol. The van der Waals surface area contributed by atoms with Gasteiger partial charge in [0.15, 0.2) is 0 Å². The number of aromatic carboxylic acids is 1. The molecular formula is C13H8ClN3O3S. The number of ether oxygens (including phenoxy) is 1. The van der Waals surface area contributed by atoms with Gasteiger partial charge < -0.3 is 9.84 Å². The van der Waals surface area contributed by atoms with Crippen LogP contribution in [0.15, 0.2) is 41.9 Å². The minimum Gasteiger partial charge on any atom is -0.477 e. The van der Waals surface area contributed by atoms with Crippen molar-refractivity contribution in [2.24, 2.45) is 0 Å². The van der Waals surface area contributed by atoms with Crippen molar-refractivity contribution < 1.29 is 14.6 Å². The first-order chi connectivity index (χ1) is 10.1. The fraction of sp³-hybridized carbons (Fsp3) is 0. The van der Waals surface area contributed by atoms with Gasteiger partial charge in [-0.15, -0.1) is 0 Å². The molecule has 2 aromatic heterocycles. The standard InChI is InChI=1S/C13H8ClN3O3S/c14-10-7-21-13(16-10)20-11-9(12(18)19)6-15-17(11)8-4-2-1-3-5-8/h1-7H,(H,18,19). The van der Waals surface area contributed by atoms with Gasteiger partial charge in [0.1, 0.15) is 10.7 Å². The summed E-state index contributed by atoms with van der Waals surface area (Å²) in [5.41, 5.74) is 0.632. The molecular weight excluding hydrogens is 314 g/mol. The van der Waals surface area contributed by atoms with Gasteiger partial charge in [-0.05, 0) is 12.1 Å². The Morgan fingerprint density at radius 2 is 2.10 bits per heavy atom. The van der Waals surface area contributed by atoms with Crippen LogP contribution in [-0.4, -0.2) is 25.8 Å². The molecule has 8 heteroatoms. The van der Waals surface area contributed by atoms with Crippen LogP contribution in [0.3, 0.4) is 0 Å². The van der Waals surface area contributed by atoms with Crippen LogP contribution >= 0.6 is 22.9 Å². The van der Waals surface area contributed by atoms with Gasteiger partial charge in [-0.1, -0.05) is 41.1 Å². The molecule has 0 aliphatic rings. The van der Waals surface area contributed by atoms with Crippen LogP contribution in [0.4, 0.5) is 0 Å². The number of rotatable bonds is 4. The lowest BCUT2D eigenvalue weighted by Crippen LogP contribution is -2.03. The Morgan fingerprint density at radius 3 is 2.71 bits per heavy atom. The van der Waals surface area contributed by atoms with Crippen molar-refractivity contribution in [2.75, 3.05) is 0 Å². The van der Waals surface area contributed by atoms with Gasteiger partial charge in [0.2, 0.25) is 5.88 Å². The normalized spacial score (nSPS) is 10.5. The Labute approximate surface area is 128 Å². The first-order valence-electron chi connectivity index (χ1n) is 5.81. The second-order valence-corrected chi connectivity index (χ2v) is 5.16. The van der Waals surface area contributed by atoms with E-state index in [0.29, 0.717) is 5.69 Å². The van der Waals surface area contributed by atoms with Crippen molar-refractivity contribution in [1.29, 1.82) is 0 Å². The lowest BCUT2D eigenvalue weighted by molar-refractivity contribution is 0.0694. The molecule has 0 aliphatic carbocycles. The van der Waals surface area contributed by atoms with Crippen molar-refractivity contribution in [1.82, 2.24) is 14.8 Å². The number of hydrogen-bond donors (Lipinski definition) is 1. The monoisotopic (exact) mass is 321 g/mol. The summed E-state index contributed by atoms with van der Waals surface area (Å²) in [5, 5.41) is 15.4. The molecule has 0 radical (unpaired) electrons. The highest BCUT2D eigenvalue weighted by Gasteiger charge is 2.21. The first-order valence-corrected chi connectivity index (χ1v) is 7.06. The smallest absolute Gasteiger partial charge is 0.342 e. The van der Waals surface area contributed by atoms with Crippen molar-refractivity contribution in [2.45, 2.75) is 0 Å². The second kappa shape index (κ2) is 5.55. The van der Waals surface area contributed by atoms with Crippen LogP contribution in [0.1, 0.15) is 10.4 Å². The zero-order valence-corrected chi connectivity index (χ0v) is 12.0. The molecule has 0 unspecified atom stereocenters. The summed E-state index contributed by atoms with van der Waals surface area (Å²) < 4.78 is 6.96. The zero-order chi connectivity index (χ0) is 14.8. The number of hydrogen-bond acceptors (Lipinski definition) is 5. The first kappa shape index (κ1) is 13.6. The van der Waals surface area contributed by atoms with Gasteiger partial charge in [-0.2, -0.15) is 14.8 Å². The molecule has 6 nitrogen and oxygen atoms in total. The van der Waals surface area contributed by atoms with E-state index in [2.05, 4.69) is 10.1 Å². The van der Waals surface area contributed by atoms with Gasteiger partial charge in [-0.3, -0.25) is 0 Å². The van der Waals surface area contributed by atoms with Crippen molar-refractivity contribution in [3.8, 4) is 16.8 Å². The number of para-hydroxylation sites is 1. The number of benzene rings is 1. The summed E-state index contributed by atoms with van der Waals surface area (Å²) in [6, 6.07) is 9.08. The minimum atomic E-state index is -1.13. The molecule has 0 saturated carbocycles. The van der Waals surface area contributed by atoms with E-state index in [1.165, 1.54) is 22.2 Å². The zero-order valence-electron chi connectivity index (χ0n) is 10.4. The molecule has 21 heavy (non-hydrogen) atoms. The molecule has 0 saturated heterocycles. The Morgan fingerprint density at radius 1 is 1.33 bits per heavy atom. The lowest BCUT2D eigenvalue weighted by atomic mass is 10.3. The molecule has 0 spiro atoms. The topological polar surface area (TPSA) is 77.2 Å². The quantitative estimate of drug-likeness (QED) is 0.796. The van der Waals surface area contributed by atoms with Crippen molar-refractivity contribution >= 4 is 28.9 Å². The van der Waals surface area contributed by atoms with Crippen LogP contribution in [0.2, 0.25) is 5.15 Å². The summed E-state index contributed by atoms with van der Waals surface area (Å²) >= 11 is 6.91. The third-order valence-electron chi connectivity index (χ3n) is 2.60. The van der Waals surface area contributed by atoms with Crippen LogP contribution in [0, 0.1) is 0 Å². The minimum absolute atomic E-state index is 0.0508. The number of carbonyl (C=O) groups is 1. The average molecular weight is 322 g/mol.